The fraction of sp³-hybridized carbons (Fsp3) is 0.167. The van der Waals surface area contributed by atoms with E-state index in [0.29, 0.717) is 11.0 Å². The number of rotatable bonds is 2. The summed E-state index contributed by atoms with van der Waals surface area (Å²) in [6.07, 6.45) is 0. The molecule has 9 heteroatoms. The monoisotopic (exact) mass is 491 g/mol. The minimum atomic E-state index is -1.24. The molecule has 1 radical (unpaired) electrons. The number of aliphatic hydroxyl groups is 2. The molecule has 0 bridgehead atoms. The van der Waals surface area contributed by atoms with Crippen LogP contribution in [0.25, 0.3) is 21.8 Å². The molecule has 173 valence electrons. The number of hydrogen-bond donors (Lipinski definition) is 2. The minimum absolute atomic E-state index is 0. The predicted octanol–water partition coefficient (Wildman–Crippen LogP) is 1.19. The molecule has 0 aliphatic heterocycles. The first kappa shape index (κ1) is 29.6. The average molecular weight is 491 g/mol. The van der Waals surface area contributed by atoms with Crippen molar-refractivity contribution in [2.75, 3.05) is 13.2 Å². The number of benzene rings is 2. The molecule has 0 spiro atoms. The Kier molecular flexibility index (Phi) is 14.6. The van der Waals surface area contributed by atoms with Crippen LogP contribution >= 0.6 is 0 Å². The van der Waals surface area contributed by atoms with E-state index >= 15 is 0 Å². The van der Waals surface area contributed by atoms with Crippen molar-refractivity contribution in [3.8, 4) is 0 Å². The maximum atomic E-state index is 10.5. The SMILES string of the molecule is CCO.CCO.O=C([O-])c1ccc2ccccc2n1.O=C([O-])c1ccc2ccccc2n1.[Mn+2]. The number of nitrogens with zero attached hydrogens (tertiary/aromatic N) is 2. The molecule has 0 aliphatic carbocycles. The van der Waals surface area contributed by atoms with Crippen molar-refractivity contribution < 1.29 is 47.1 Å². The number of aliphatic hydroxyl groups excluding tert-OH is 2. The summed E-state index contributed by atoms with van der Waals surface area (Å²) in [6, 6.07) is 21.0. The van der Waals surface area contributed by atoms with Crippen LogP contribution in [0.15, 0.2) is 72.8 Å². The Bertz CT molecular complexity index is 1060. The maximum absolute atomic E-state index is 10.5. The summed E-state index contributed by atoms with van der Waals surface area (Å²) in [5.41, 5.74) is 1.28. The molecule has 0 fully saturated rings. The molecule has 8 nitrogen and oxygen atoms in total. The van der Waals surface area contributed by atoms with Gasteiger partial charge in [0, 0.05) is 24.0 Å². The summed E-state index contributed by atoms with van der Waals surface area (Å²) in [5.74, 6) is -2.49. The van der Waals surface area contributed by atoms with Gasteiger partial charge in [0.25, 0.3) is 0 Å². The Labute approximate surface area is 202 Å². The molecule has 2 heterocycles. The van der Waals surface area contributed by atoms with Crippen LogP contribution in [-0.2, 0) is 17.1 Å². The van der Waals surface area contributed by atoms with Crippen molar-refractivity contribution in [3.63, 3.8) is 0 Å². The molecule has 0 aliphatic rings. The minimum Gasteiger partial charge on any atom is -0.543 e. The van der Waals surface area contributed by atoms with Gasteiger partial charge in [-0.25, -0.2) is 9.97 Å². The number of pyridine rings is 2. The smallest absolute Gasteiger partial charge is 0.543 e. The topological polar surface area (TPSA) is 146 Å². The Morgan fingerprint density at radius 2 is 0.970 bits per heavy atom. The Hall–Kier alpha value is -3.36. The number of aromatic nitrogens is 2. The molecule has 2 N–H and O–H groups in total. The third-order valence-electron chi connectivity index (χ3n) is 3.62. The Morgan fingerprint density at radius 3 is 1.27 bits per heavy atom. The van der Waals surface area contributed by atoms with Gasteiger partial charge < -0.3 is 30.0 Å². The van der Waals surface area contributed by atoms with Crippen molar-refractivity contribution >= 4 is 33.7 Å². The zero-order valence-corrected chi connectivity index (χ0v) is 19.3. The summed E-state index contributed by atoms with van der Waals surface area (Å²) in [5, 5.41) is 37.9. The van der Waals surface area contributed by atoms with Crippen LogP contribution in [-0.4, -0.2) is 45.3 Å². The molecule has 4 rings (SSSR count). The van der Waals surface area contributed by atoms with Gasteiger partial charge in [0.05, 0.1) is 34.4 Å². The van der Waals surface area contributed by atoms with E-state index in [-0.39, 0.29) is 41.7 Å². The van der Waals surface area contributed by atoms with Crippen LogP contribution in [0, 0.1) is 0 Å². The molecule has 2 aromatic heterocycles. The number of carbonyl (C=O) groups is 2. The van der Waals surface area contributed by atoms with Gasteiger partial charge in [0.2, 0.25) is 0 Å². The van der Waals surface area contributed by atoms with Gasteiger partial charge in [-0.1, -0.05) is 48.5 Å². The second-order valence-corrected chi connectivity index (χ2v) is 5.99. The zero-order valence-electron chi connectivity index (χ0n) is 18.1. The second kappa shape index (κ2) is 16.3. The first-order valence-corrected chi connectivity index (χ1v) is 9.73. The second-order valence-electron chi connectivity index (χ2n) is 5.99. The van der Waals surface area contributed by atoms with E-state index in [4.69, 9.17) is 10.2 Å². The van der Waals surface area contributed by atoms with Crippen LogP contribution in [0.3, 0.4) is 0 Å². The molecular formula is C24H24MnN2O6. The summed E-state index contributed by atoms with van der Waals surface area (Å²) >= 11 is 0. The first-order chi connectivity index (χ1) is 15.4. The number of aromatic carboxylic acids is 2. The van der Waals surface area contributed by atoms with Gasteiger partial charge in [-0.2, -0.15) is 0 Å². The summed E-state index contributed by atoms with van der Waals surface area (Å²) < 4.78 is 0. The van der Waals surface area contributed by atoms with Crippen molar-refractivity contribution in [1.82, 2.24) is 9.97 Å². The molecule has 0 atom stereocenters. The summed E-state index contributed by atoms with van der Waals surface area (Å²) in [6.45, 7) is 3.86. The van der Waals surface area contributed by atoms with Crippen molar-refractivity contribution in [3.05, 3.63) is 84.2 Å². The molecule has 0 amide bonds. The van der Waals surface area contributed by atoms with Crippen LogP contribution in [0.2, 0.25) is 0 Å². The van der Waals surface area contributed by atoms with Crippen LogP contribution < -0.4 is 10.2 Å². The number of para-hydroxylation sites is 2. The average Bonchev–Trinajstić information content (AvgIpc) is 2.80. The normalized spacial score (nSPS) is 9.09. The molecular weight excluding hydrogens is 467 g/mol. The molecule has 0 saturated carbocycles. The molecule has 0 unspecified atom stereocenters. The zero-order chi connectivity index (χ0) is 23.9. The quantitative estimate of drug-likeness (QED) is 0.398. The maximum Gasteiger partial charge on any atom is 2.00 e. The number of fused-ring (bicyclic) bond motifs is 2. The summed E-state index contributed by atoms with van der Waals surface area (Å²) in [4.78, 5) is 28.8. The third kappa shape index (κ3) is 10.2. The van der Waals surface area contributed by atoms with Gasteiger partial charge in [-0.15, -0.1) is 0 Å². The van der Waals surface area contributed by atoms with Gasteiger partial charge in [0.15, 0.2) is 0 Å². The number of carbonyl (C=O) groups excluding carboxylic acids is 2. The van der Waals surface area contributed by atoms with E-state index in [1.165, 1.54) is 12.1 Å². The van der Waals surface area contributed by atoms with E-state index in [1.807, 2.05) is 36.4 Å². The fourth-order valence-electron chi connectivity index (χ4n) is 2.36. The largest absolute Gasteiger partial charge is 2.00 e. The predicted molar refractivity (Wildman–Crippen MR) is 118 cm³/mol. The molecule has 2 aromatic carbocycles. The fourth-order valence-corrected chi connectivity index (χ4v) is 2.36. The van der Waals surface area contributed by atoms with Crippen LogP contribution in [0.5, 0.6) is 0 Å². The number of hydrogen-bond acceptors (Lipinski definition) is 8. The van der Waals surface area contributed by atoms with Crippen molar-refractivity contribution in [2.45, 2.75) is 13.8 Å². The van der Waals surface area contributed by atoms with Crippen molar-refractivity contribution in [2.24, 2.45) is 0 Å². The Morgan fingerprint density at radius 1 is 0.667 bits per heavy atom. The van der Waals surface area contributed by atoms with E-state index in [1.54, 1.807) is 38.1 Å². The van der Waals surface area contributed by atoms with Gasteiger partial charge in [-0.05, 0) is 38.1 Å². The van der Waals surface area contributed by atoms with Gasteiger partial charge >= 0.3 is 17.1 Å². The third-order valence-corrected chi connectivity index (χ3v) is 3.62. The standard InChI is InChI=1S/2C10H7NO2.2C2H6O.Mn/c2*12-10(13)9-6-5-7-3-1-2-4-8(7)11-9;2*1-2-3;/h2*1-6H,(H,12,13);2*3H,2H2,1H3;/q;;;;+2/p-2. The van der Waals surface area contributed by atoms with E-state index in [0.717, 1.165) is 10.8 Å². The van der Waals surface area contributed by atoms with Gasteiger partial charge in [0.1, 0.15) is 0 Å². The van der Waals surface area contributed by atoms with E-state index in [2.05, 4.69) is 9.97 Å². The van der Waals surface area contributed by atoms with Crippen LogP contribution in [0.1, 0.15) is 34.8 Å². The molecule has 33 heavy (non-hydrogen) atoms. The molecule has 4 aromatic rings. The number of carboxylic acids is 2. The van der Waals surface area contributed by atoms with E-state index < -0.39 is 11.9 Å². The van der Waals surface area contributed by atoms with Crippen LogP contribution in [0.4, 0.5) is 0 Å². The van der Waals surface area contributed by atoms with E-state index in [9.17, 15) is 19.8 Å². The molecule has 0 saturated heterocycles. The van der Waals surface area contributed by atoms with Crippen molar-refractivity contribution in [1.29, 1.82) is 0 Å². The number of carboxylic acid groups (broad SMARTS) is 2. The first-order valence-electron chi connectivity index (χ1n) is 9.73. The summed E-state index contributed by atoms with van der Waals surface area (Å²) in [7, 11) is 0. The Balaban J connectivity index is 0.000000491. The van der Waals surface area contributed by atoms with Gasteiger partial charge in [-0.3, -0.25) is 0 Å².